The summed E-state index contributed by atoms with van der Waals surface area (Å²) in [6.45, 7) is 9.57. The Balaban J connectivity index is 1.30. The van der Waals surface area contributed by atoms with Gasteiger partial charge in [0.2, 0.25) is 0 Å². The fourth-order valence-corrected chi connectivity index (χ4v) is 10.4. The second-order valence-corrected chi connectivity index (χ2v) is 14.7. The van der Waals surface area contributed by atoms with Crippen LogP contribution in [-0.2, 0) is 33.6 Å². The maximum Gasteiger partial charge on any atom is 0.397 e. The first-order chi connectivity index (χ1) is 18.0. The number of epoxide rings is 1. The third-order valence-electron chi connectivity index (χ3n) is 12.4. The number of carbonyl (C=O) groups is 2. The normalized spacial score (nSPS) is 51.8. The maximum atomic E-state index is 13.7. The molecule has 2 aliphatic heterocycles. The lowest BCUT2D eigenvalue weighted by Gasteiger charge is -2.62. The van der Waals surface area contributed by atoms with Gasteiger partial charge in [-0.25, -0.2) is 8.98 Å². The average Bonchev–Trinajstić information content (AvgIpc) is 3.59. The summed E-state index contributed by atoms with van der Waals surface area (Å²) in [6, 6.07) is 0. The number of hydrogen-bond acceptors (Lipinski definition) is 9. The first-order valence-corrected chi connectivity index (χ1v) is 15.5. The van der Waals surface area contributed by atoms with Crippen molar-refractivity contribution < 1.29 is 46.4 Å². The van der Waals surface area contributed by atoms with Crippen molar-refractivity contribution in [2.45, 2.75) is 115 Å². The van der Waals surface area contributed by atoms with Gasteiger partial charge >= 0.3 is 16.4 Å². The molecule has 39 heavy (non-hydrogen) atoms. The van der Waals surface area contributed by atoms with Crippen molar-refractivity contribution in [3.05, 3.63) is 11.1 Å². The Morgan fingerprint density at radius 1 is 1.05 bits per heavy atom. The largest absolute Gasteiger partial charge is 0.458 e. The molecule has 0 aromatic heterocycles. The number of fused-ring (bicyclic) bond motifs is 8. The van der Waals surface area contributed by atoms with Gasteiger partial charge in [0.05, 0.1) is 23.2 Å². The molecule has 0 unspecified atom stereocenters. The highest BCUT2D eigenvalue weighted by molar-refractivity contribution is 7.80. The highest BCUT2D eigenvalue weighted by Gasteiger charge is 2.80. The Labute approximate surface area is 229 Å². The summed E-state index contributed by atoms with van der Waals surface area (Å²) in [7, 11) is -4.79. The minimum Gasteiger partial charge on any atom is -0.458 e. The van der Waals surface area contributed by atoms with Gasteiger partial charge in [-0.2, -0.15) is 8.42 Å². The molecule has 3 N–H and O–H groups in total. The molecule has 10 nitrogen and oxygen atoms in total. The molecule has 0 amide bonds. The van der Waals surface area contributed by atoms with Crippen molar-refractivity contribution in [3.63, 3.8) is 0 Å². The van der Waals surface area contributed by atoms with E-state index in [1.165, 1.54) is 0 Å². The number of cyclic esters (lactones) is 1. The van der Waals surface area contributed by atoms with Gasteiger partial charge in [-0.15, -0.1) is 0 Å². The predicted molar refractivity (Wildman–Crippen MR) is 136 cm³/mol. The van der Waals surface area contributed by atoms with Crippen molar-refractivity contribution in [1.29, 1.82) is 0 Å². The van der Waals surface area contributed by atoms with E-state index in [4.69, 9.17) is 13.7 Å². The van der Waals surface area contributed by atoms with Crippen LogP contribution >= 0.6 is 0 Å². The van der Waals surface area contributed by atoms with E-state index in [1.54, 1.807) is 13.8 Å². The molecule has 0 spiro atoms. The molecule has 6 aliphatic rings. The molecule has 0 aromatic carbocycles. The summed E-state index contributed by atoms with van der Waals surface area (Å²) in [5, 5.41) is 24.3. The van der Waals surface area contributed by atoms with E-state index in [2.05, 4.69) is 6.92 Å². The van der Waals surface area contributed by atoms with E-state index in [0.29, 0.717) is 31.3 Å². The highest BCUT2D eigenvalue weighted by atomic mass is 32.3. The fraction of sp³-hybridized carbons (Fsp3) is 0.857. The van der Waals surface area contributed by atoms with Crippen LogP contribution in [0.3, 0.4) is 0 Å². The van der Waals surface area contributed by atoms with E-state index in [9.17, 15) is 32.8 Å². The Hall–Kier alpha value is -1.37. The first kappa shape index (κ1) is 27.8. The monoisotopic (exact) mass is 568 g/mol. The lowest BCUT2D eigenvalue weighted by atomic mass is 9.42. The Morgan fingerprint density at radius 2 is 1.72 bits per heavy atom. The fourth-order valence-electron chi connectivity index (χ4n) is 9.88. The molecule has 0 aromatic rings. The molecular formula is C28H40O10S. The van der Waals surface area contributed by atoms with Gasteiger partial charge in [-0.05, 0) is 69.6 Å². The number of ketones is 1. The number of rotatable bonds is 4. The Morgan fingerprint density at radius 3 is 2.36 bits per heavy atom. The standard InChI is InChI=1S/C28H40O10S/c1-13-10-19(36-24(30)14(13)2)15(3)27(31)9-7-17-21-18(6-8-25(17,27)4)26(5)20(29)11-16(38-39(33,34)35)12-28(26,32)23-22(21)37-23/h15-19,21-23,31-32H,6-12H2,1-5H3,(H,33,34,35)/t15-,16+,17+,18+,19-,21-,22+,23+,25-,26-,27+,28+/m1/s1. The molecule has 1 saturated heterocycles. The number of aliphatic hydroxyl groups is 2. The molecule has 4 saturated carbocycles. The second-order valence-electron chi connectivity index (χ2n) is 13.7. The SMILES string of the molecule is CC1=C(C)C(=O)O[C@@H]([C@@H](C)[C@@]2(O)CC[C@H]3[C@H]4[C@@H]5O[C@@H]5[C@@]5(O)C[C@@H](OS(=O)(=O)O)CC(=O)[C@@]5(C)[C@H]4CC[C@]32C)C1. The summed E-state index contributed by atoms with van der Waals surface area (Å²) < 4.78 is 48.6. The quantitative estimate of drug-likeness (QED) is 0.261. The molecule has 2 heterocycles. The Kier molecular flexibility index (Phi) is 5.95. The van der Waals surface area contributed by atoms with Crippen LogP contribution in [0.5, 0.6) is 0 Å². The van der Waals surface area contributed by atoms with Gasteiger partial charge in [-0.1, -0.05) is 19.4 Å². The summed E-state index contributed by atoms with van der Waals surface area (Å²) in [5.74, 6) is -1.13. The van der Waals surface area contributed by atoms with E-state index in [-0.39, 0.29) is 54.4 Å². The maximum absolute atomic E-state index is 13.7. The summed E-state index contributed by atoms with van der Waals surface area (Å²) in [4.78, 5) is 26.2. The van der Waals surface area contributed by atoms with Crippen LogP contribution in [0.4, 0.5) is 0 Å². The van der Waals surface area contributed by atoms with Crippen LogP contribution in [0.2, 0.25) is 0 Å². The number of ether oxygens (including phenoxy) is 2. The number of esters is 1. The van der Waals surface area contributed by atoms with Crippen molar-refractivity contribution in [3.8, 4) is 0 Å². The lowest BCUT2D eigenvalue weighted by molar-refractivity contribution is -0.215. The van der Waals surface area contributed by atoms with Crippen LogP contribution in [-0.4, -0.2) is 70.6 Å². The van der Waals surface area contributed by atoms with Crippen LogP contribution in [0.25, 0.3) is 0 Å². The zero-order valence-corrected chi connectivity index (χ0v) is 24.0. The zero-order chi connectivity index (χ0) is 28.5. The topological polar surface area (TPSA) is 160 Å². The molecule has 5 fully saturated rings. The van der Waals surface area contributed by atoms with Gasteiger partial charge in [0.25, 0.3) is 0 Å². The minimum atomic E-state index is -4.79. The van der Waals surface area contributed by atoms with Crippen molar-refractivity contribution in [2.24, 2.45) is 34.5 Å². The van der Waals surface area contributed by atoms with Gasteiger partial charge in [0.1, 0.15) is 23.6 Å². The highest BCUT2D eigenvalue weighted by Crippen LogP contribution is 2.73. The van der Waals surface area contributed by atoms with Gasteiger partial charge < -0.3 is 19.7 Å². The third kappa shape index (κ3) is 3.59. The van der Waals surface area contributed by atoms with Crippen molar-refractivity contribution in [1.82, 2.24) is 0 Å². The molecule has 218 valence electrons. The third-order valence-corrected chi connectivity index (χ3v) is 12.9. The van der Waals surface area contributed by atoms with Crippen LogP contribution in [0.15, 0.2) is 11.1 Å². The number of Topliss-reactive ketones (excluding diaryl/α,β-unsaturated/α-hetero) is 1. The van der Waals surface area contributed by atoms with Crippen LogP contribution in [0, 0.1) is 34.5 Å². The number of carbonyl (C=O) groups excluding carboxylic acids is 2. The summed E-state index contributed by atoms with van der Waals surface area (Å²) in [6.07, 6.45) is 0.220. The van der Waals surface area contributed by atoms with Gasteiger partial charge in [0.15, 0.2) is 0 Å². The second kappa shape index (κ2) is 8.35. The summed E-state index contributed by atoms with van der Waals surface area (Å²) in [5.41, 5.74) is -2.75. The molecule has 11 heteroatoms. The minimum absolute atomic E-state index is 0.0392. The van der Waals surface area contributed by atoms with Crippen molar-refractivity contribution >= 4 is 22.2 Å². The van der Waals surface area contributed by atoms with Crippen LogP contribution < -0.4 is 0 Å². The van der Waals surface area contributed by atoms with E-state index < -0.39 is 50.7 Å². The van der Waals surface area contributed by atoms with Crippen molar-refractivity contribution in [2.75, 3.05) is 0 Å². The molecule has 4 aliphatic carbocycles. The molecule has 6 rings (SSSR count). The number of hydrogen-bond donors (Lipinski definition) is 3. The average molecular weight is 569 g/mol. The van der Waals surface area contributed by atoms with E-state index >= 15 is 0 Å². The summed E-state index contributed by atoms with van der Waals surface area (Å²) >= 11 is 0. The zero-order valence-electron chi connectivity index (χ0n) is 23.2. The first-order valence-electron chi connectivity index (χ1n) is 14.1. The molecule has 0 radical (unpaired) electrons. The molecule has 0 bridgehead atoms. The smallest absolute Gasteiger partial charge is 0.397 e. The van der Waals surface area contributed by atoms with E-state index in [1.807, 2.05) is 13.8 Å². The van der Waals surface area contributed by atoms with Gasteiger partial charge in [0, 0.05) is 30.8 Å². The Bertz CT molecular complexity index is 1260. The molecule has 12 atom stereocenters. The predicted octanol–water partition coefficient (Wildman–Crippen LogP) is 2.52. The lowest BCUT2D eigenvalue weighted by Crippen LogP contribution is -2.70. The van der Waals surface area contributed by atoms with E-state index in [0.717, 1.165) is 12.0 Å². The molecular weight excluding hydrogens is 528 g/mol. The van der Waals surface area contributed by atoms with Gasteiger partial charge in [-0.3, -0.25) is 9.35 Å². The van der Waals surface area contributed by atoms with Crippen LogP contribution in [0.1, 0.15) is 79.6 Å².